The van der Waals surface area contributed by atoms with E-state index in [-0.39, 0.29) is 16.7 Å². The van der Waals surface area contributed by atoms with Crippen molar-refractivity contribution in [2.24, 2.45) is 0 Å². The molecule has 0 aliphatic heterocycles. The van der Waals surface area contributed by atoms with E-state index in [1.165, 1.54) is 4.31 Å². The van der Waals surface area contributed by atoms with E-state index in [0.29, 0.717) is 18.8 Å². The minimum absolute atomic E-state index is 0.112. The fourth-order valence-corrected chi connectivity index (χ4v) is 4.58. The number of hydrogen-bond acceptors (Lipinski definition) is 5. The average Bonchev–Trinajstić information content (AvgIpc) is 3.25. The van der Waals surface area contributed by atoms with Gasteiger partial charge in [0.1, 0.15) is 5.69 Å². The zero-order valence-electron chi connectivity index (χ0n) is 17.2. The van der Waals surface area contributed by atoms with Crippen LogP contribution in [0.4, 0.5) is 0 Å². The highest BCUT2D eigenvalue weighted by molar-refractivity contribution is 7.89. The van der Waals surface area contributed by atoms with Gasteiger partial charge in [-0.1, -0.05) is 61.5 Å². The summed E-state index contributed by atoms with van der Waals surface area (Å²) in [6.45, 7) is 6.25. The van der Waals surface area contributed by atoms with Gasteiger partial charge in [0.2, 0.25) is 15.8 Å². The quantitative estimate of drug-likeness (QED) is 0.589. The van der Waals surface area contributed by atoms with E-state index >= 15 is 0 Å². The third-order valence-electron chi connectivity index (χ3n) is 4.87. The summed E-state index contributed by atoms with van der Waals surface area (Å²) in [7, 11) is -3.51. The molecule has 0 saturated carbocycles. The Morgan fingerprint density at radius 2 is 1.70 bits per heavy atom. The Morgan fingerprint density at radius 3 is 2.30 bits per heavy atom. The van der Waals surface area contributed by atoms with E-state index in [1.807, 2.05) is 37.3 Å². The van der Waals surface area contributed by atoms with Crippen LogP contribution < -0.4 is 5.32 Å². The third kappa shape index (κ3) is 4.60. The lowest BCUT2D eigenvalue weighted by Gasteiger charge is -2.19. The molecule has 0 aliphatic carbocycles. The lowest BCUT2D eigenvalue weighted by atomic mass is 10.1. The van der Waals surface area contributed by atoms with Crippen LogP contribution in [0.25, 0.3) is 11.3 Å². The second-order valence-corrected chi connectivity index (χ2v) is 8.73. The van der Waals surface area contributed by atoms with E-state index in [2.05, 4.69) is 10.5 Å². The zero-order valence-corrected chi connectivity index (χ0v) is 18.0. The van der Waals surface area contributed by atoms with Gasteiger partial charge in [0.05, 0.1) is 10.9 Å². The maximum absolute atomic E-state index is 12.6. The van der Waals surface area contributed by atoms with Crippen molar-refractivity contribution in [2.45, 2.75) is 31.7 Å². The molecule has 0 aliphatic rings. The Balaban J connectivity index is 1.70. The molecule has 1 atom stereocenters. The monoisotopic (exact) mass is 427 g/mol. The molecule has 1 heterocycles. The van der Waals surface area contributed by atoms with Gasteiger partial charge >= 0.3 is 0 Å². The summed E-state index contributed by atoms with van der Waals surface area (Å²) in [5, 5.41) is 6.80. The SMILES string of the molecule is CCN(CC)S(=O)(=O)c1ccc(C(C)NC(=O)c2cc(-c3ccccc3)no2)cc1. The van der Waals surface area contributed by atoms with Crippen molar-refractivity contribution in [3.8, 4) is 11.3 Å². The summed E-state index contributed by atoms with van der Waals surface area (Å²) in [5.74, 6) is -0.279. The van der Waals surface area contributed by atoms with Crippen LogP contribution in [-0.4, -0.2) is 36.9 Å². The fraction of sp³-hybridized carbons (Fsp3) is 0.273. The van der Waals surface area contributed by atoms with Crippen molar-refractivity contribution in [3.63, 3.8) is 0 Å². The second-order valence-electron chi connectivity index (χ2n) is 6.80. The van der Waals surface area contributed by atoms with Crippen molar-refractivity contribution in [1.29, 1.82) is 0 Å². The lowest BCUT2D eigenvalue weighted by molar-refractivity contribution is 0.0902. The molecule has 2 aromatic carbocycles. The highest BCUT2D eigenvalue weighted by Crippen LogP contribution is 2.21. The first-order valence-electron chi connectivity index (χ1n) is 9.80. The molecule has 3 aromatic rings. The van der Waals surface area contributed by atoms with Gasteiger partial charge in [-0.15, -0.1) is 0 Å². The third-order valence-corrected chi connectivity index (χ3v) is 6.94. The van der Waals surface area contributed by atoms with Crippen LogP contribution in [0.1, 0.15) is 42.9 Å². The van der Waals surface area contributed by atoms with Gasteiger partial charge < -0.3 is 9.84 Å². The molecule has 7 nitrogen and oxygen atoms in total. The van der Waals surface area contributed by atoms with Gasteiger partial charge in [-0.3, -0.25) is 4.79 Å². The van der Waals surface area contributed by atoms with E-state index < -0.39 is 15.9 Å². The second kappa shape index (κ2) is 9.23. The standard InChI is InChI=1S/C22H25N3O4S/c1-4-25(5-2)30(27,28)19-13-11-17(12-14-19)16(3)23-22(26)21-15-20(24-29-21)18-9-7-6-8-10-18/h6-16H,4-5H2,1-3H3,(H,23,26). The van der Waals surface area contributed by atoms with Gasteiger partial charge in [-0.25, -0.2) is 8.42 Å². The van der Waals surface area contributed by atoms with E-state index in [4.69, 9.17) is 4.52 Å². The van der Waals surface area contributed by atoms with Crippen LogP contribution in [0.15, 0.2) is 70.1 Å². The number of amides is 1. The predicted octanol–water partition coefficient (Wildman–Crippen LogP) is 3.86. The number of nitrogens with zero attached hydrogens (tertiary/aromatic N) is 2. The van der Waals surface area contributed by atoms with Crippen molar-refractivity contribution >= 4 is 15.9 Å². The van der Waals surface area contributed by atoms with E-state index in [0.717, 1.165) is 11.1 Å². The first-order valence-corrected chi connectivity index (χ1v) is 11.2. The normalized spacial score (nSPS) is 12.7. The summed E-state index contributed by atoms with van der Waals surface area (Å²) in [6.07, 6.45) is 0. The van der Waals surface area contributed by atoms with Gasteiger partial charge in [0, 0.05) is 24.7 Å². The summed E-state index contributed by atoms with van der Waals surface area (Å²) in [6, 6.07) is 17.2. The van der Waals surface area contributed by atoms with Gasteiger partial charge in [0.25, 0.3) is 5.91 Å². The average molecular weight is 428 g/mol. The Labute approximate surface area is 176 Å². The summed E-state index contributed by atoms with van der Waals surface area (Å²) in [4.78, 5) is 12.8. The highest BCUT2D eigenvalue weighted by Gasteiger charge is 2.22. The molecule has 158 valence electrons. The minimum atomic E-state index is -3.51. The molecule has 0 spiro atoms. The topological polar surface area (TPSA) is 92.5 Å². The number of rotatable bonds is 8. The van der Waals surface area contributed by atoms with Crippen LogP contribution in [0.3, 0.4) is 0 Å². The molecule has 0 saturated heterocycles. The number of sulfonamides is 1. The Bertz CT molecular complexity index is 1090. The number of carbonyl (C=O) groups is 1. The van der Waals surface area contributed by atoms with Crippen molar-refractivity contribution in [2.75, 3.05) is 13.1 Å². The van der Waals surface area contributed by atoms with Crippen molar-refractivity contribution in [1.82, 2.24) is 14.8 Å². The van der Waals surface area contributed by atoms with Crippen LogP contribution in [0, 0.1) is 0 Å². The van der Waals surface area contributed by atoms with Crippen LogP contribution in [0.2, 0.25) is 0 Å². The van der Waals surface area contributed by atoms with E-state index in [9.17, 15) is 13.2 Å². The zero-order chi connectivity index (χ0) is 21.7. The number of benzene rings is 2. The molecule has 0 fully saturated rings. The molecule has 1 aromatic heterocycles. The van der Waals surface area contributed by atoms with Crippen LogP contribution >= 0.6 is 0 Å². The van der Waals surface area contributed by atoms with Gasteiger partial charge in [-0.05, 0) is 24.6 Å². The van der Waals surface area contributed by atoms with Crippen molar-refractivity contribution in [3.05, 3.63) is 72.0 Å². The van der Waals surface area contributed by atoms with E-state index in [1.54, 1.807) is 44.2 Å². The highest BCUT2D eigenvalue weighted by atomic mass is 32.2. The van der Waals surface area contributed by atoms with Gasteiger partial charge in [0.15, 0.2) is 0 Å². The van der Waals surface area contributed by atoms with Crippen molar-refractivity contribution < 1.29 is 17.7 Å². The number of nitrogens with one attached hydrogen (secondary N) is 1. The fourth-order valence-electron chi connectivity index (χ4n) is 3.12. The maximum atomic E-state index is 12.6. The Morgan fingerprint density at radius 1 is 1.07 bits per heavy atom. The molecule has 8 heteroatoms. The maximum Gasteiger partial charge on any atom is 0.290 e. The lowest BCUT2D eigenvalue weighted by Crippen LogP contribution is -2.30. The minimum Gasteiger partial charge on any atom is -0.350 e. The first-order chi connectivity index (χ1) is 14.4. The van der Waals surface area contributed by atoms with Crippen LogP contribution in [0.5, 0.6) is 0 Å². The number of aromatic nitrogens is 1. The Kier molecular flexibility index (Phi) is 6.69. The molecule has 0 bridgehead atoms. The van der Waals surface area contributed by atoms with Crippen LogP contribution in [-0.2, 0) is 10.0 Å². The first kappa shape index (κ1) is 21.7. The molecular weight excluding hydrogens is 402 g/mol. The van der Waals surface area contributed by atoms with Gasteiger partial charge in [-0.2, -0.15) is 4.31 Å². The number of carbonyl (C=O) groups excluding carboxylic acids is 1. The smallest absolute Gasteiger partial charge is 0.290 e. The molecular formula is C22H25N3O4S. The summed E-state index contributed by atoms with van der Waals surface area (Å²) in [5.41, 5.74) is 2.22. The molecule has 3 rings (SSSR count). The summed E-state index contributed by atoms with van der Waals surface area (Å²) < 4.78 is 31.8. The molecule has 1 unspecified atom stereocenters. The number of hydrogen-bond donors (Lipinski definition) is 1. The largest absolute Gasteiger partial charge is 0.350 e. The molecule has 0 radical (unpaired) electrons. The Hall–Kier alpha value is -2.97. The predicted molar refractivity (Wildman–Crippen MR) is 114 cm³/mol. The molecule has 1 amide bonds. The molecule has 30 heavy (non-hydrogen) atoms. The summed E-state index contributed by atoms with van der Waals surface area (Å²) >= 11 is 0. The molecule has 1 N–H and O–H groups in total.